The zero-order valence-electron chi connectivity index (χ0n) is 9.60. The molecule has 1 heterocycles. The molecule has 1 aliphatic heterocycles. The van der Waals surface area contributed by atoms with E-state index in [0.717, 1.165) is 17.3 Å². The van der Waals surface area contributed by atoms with Crippen LogP contribution in [0.25, 0.3) is 0 Å². The standard InChI is InChI=1S/C11H14N4OS2/c16-10(9-6-18-7-12-9)14-15-11(17)13-8-4-2-1-3-5-8/h1-5,9,12H,6-7H2,(H,14,16)(H2,13,15,17)/t9-/m0/s1. The molecule has 1 amide bonds. The first kappa shape index (κ1) is 13.1. The van der Waals surface area contributed by atoms with E-state index in [-0.39, 0.29) is 11.9 Å². The number of hydrogen-bond acceptors (Lipinski definition) is 4. The van der Waals surface area contributed by atoms with Gasteiger partial charge in [0.15, 0.2) is 5.11 Å². The topological polar surface area (TPSA) is 65.2 Å². The lowest BCUT2D eigenvalue weighted by Gasteiger charge is -2.14. The van der Waals surface area contributed by atoms with Crippen molar-refractivity contribution < 1.29 is 4.79 Å². The van der Waals surface area contributed by atoms with Crippen molar-refractivity contribution in [3.63, 3.8) is 0 Å². The van der Waals surface area contributed by atoms with Gasteiger partial charge in [-0.3, -0.25) is 21.0 Å². The number of rotatable bonds is 2. The van der Waals surface area contributed by atoms with Crippen molar-refractivity contribution in [2.24, 2.45) is 0 Å². The molecule has 0 saturated carbocycles. The second kappa shape index (κ2) is 6.58. The maximum atomic E-state index is 11.7. The molecule has 1 aromatic carbocycles. The number of hydrazine groups is 1. The Labute approximate surface area is 115 Å². The molecule has 0 radical (unpaired) electrons. The Hall–Kier alpha value is -1.31. The van der Waals surface area contributed by atoms with Gasteiger partial charge in [0.1, 0.15) is 0 Å². The highest BCUT2D eigenvalue weighted by Gasteiger charge is 2.22. The van der Waals surface area contributed by atoms with Crippen molar-refractivity contribution in [3.8, 4) is 0 Å². The van der Waals surface area contributed by atoms with Crippen LogP contribution in [-0.2, 0) is 4.79 Å². The molecule has 7 heteroatoms. The highest BCUT2D eigenvalue weighted by Crippen LogP contribution is 2.09. The Balaban J connectivity index is 1.73. The van der Waals surface area contributed by atoms with Crippen LogP contribution < -0.4 is 21.5 Å². The average molecular weight is 282 g/mol. The van der Waals surface area contributed by atoms with Crippen molar-refractivity contribution in [1.29, 1.82) is 0 Å². The van der Waals surface area contributed by atoms with Crippen molar-refractivity contribution >= 4 is 40.7 Å². The van der Waals surface area contributed by atoms with Crippen LogP contribution in [0.15, 0.2) is 30.3 Å². The molecule has 1 fully saturated rings. The molecule has 2 rings (SSSR count). The zero-order valence-corrected chi connectivity index (χ0v) is 11.2. The fourth-order valence-corrected chi connectivity index (χ4v) is 2.56. The Morgan fingerprint density at radius 1 is 1.33 bits per heavy atom. The van der Waals surface area contributed by atoms with E-state index >= 15 is 0 Å². The summed E-state index contributed by atoms with van der Waals surface area (Å²) >= 11 is 6.77. The van der Waals surface area contributed by atoms with Gasteiger partial charge in [-0.1, -0.05) is 18.2 Å². The lowest BCUT2D eigenvalue weighted by atomic mass is 10.3. The summed E-state index contributed by atoms with van der Waals surface area (Å²) in [6, 6.07) is 9.37. The second-order valence-corrected chi connectivity index (χ2v) is 5.14. The molecule has 1 aromatic rings. The molecule has 5 nitrogen and oxygen atoms in total. The monoisotopic (exact) mass is 282 g/mol. The number of anilines is 1. The van der Waals surface area contributed by atoms with E-state index in [1.54, 1.807) is 11.8 Å². The van der Waals surface area contributed by atoms with E-state index in [1.165, 1.54) is 0 Å². The third-order valence-electron chi connectivity index (χ3n) is 2.36. The third-order valence-corrected chi connectivity index (χ3v) is 3.51. The van der Waals surface area contributed by atoms with Gasteiger partial charge in [-0.15, -0.1) is 11.8 Å². The summed E-state index contributed by atoms with van der Waals surface area (Å²) < 4.78 is 0. The number of para-hydroxylation sites is 1. The Morgan fingerprint density at radius 2 is 2.11 bits per heavy atom. The van der Waals surface area contributed by atoms with E-state index in [4.69, 9.17) is 12.2 Å². The molecule has 4 N–H and O–H groups in total. The molecule has 1 saturated heterocycles. The number of nitrogens with one attached hydrogen (secondary N) is 4. The average Bonchev–Trinajstić information content (AvgIpc) is 2.91. The largest absolute Gasteiger partial charge is 0.331 e. The van der Waals surface area contributed by atoms with Crippen LogP contribution in [0.4, 0.5) is 5.69 Å². The van der Waals surface area contributed by atoms with Gasteiger partial charge in [0.05, 0.1) is 6.04 Å². The van der Waals surface area contributed by atoms with Gasteiger partial charge in [-0.25, -0.2) is 0 Å². The Morgan fingerprint density at radius 3 is 2.78 bits per heavy atom. The number of carbonyl (C=O) groups excluding carboxylic acids is 1. The molecule has 18 heavy (non-hydrogen) atoms. The Kier molecular flexibility index (Phi) is 4.80. The van der Waals surface area contributed by atoms with Crippen LogP contribution >= 0.6 is 24.0 Å². The molecule has 0 aromatic heterocycles. The van der Waals surface area contributed by atoms with Crippen LogP contribution in [-0.4, -0.2) is 28.7 Å². The summed E-state index contributed by atoms with van der Waals surface area (Å²) in [6.45, 7) is 0. The van der Waals surface area contributed by atoms with Crippen molar-refractivity contribution in [3.05, 3.63) is 30.3 Å². The van der Waals surface area contributed by atoms with Gasteiger partial charge in [-0.2, -0.15) is 0 Å². The minimum Gasteiger partial charge on any atom is -0.331 e. The number of benzene rings is 1. The van der Waals surface area contributed by atoms with E-state index in [2.05, 4.69) is 21.5 Å². The summed E-state index contributed by atoms with van der Waals surface area (Å²) in [5.74, 6) is 1.49. The molecule has 96 valence electrons. The van der Waals surface area contributed by atoms with E-state index < -0.39 is 0 Å². The molecular formula is C11H14N4OS2. The quantitative estimate of drug-likeness (QED) is 0.472. The lowest BCUT2D eigenvalue weighted by molar-refractivity contribution is -0.122. The first-order valence-corrected chi connectivity index (χ1v) is 7.05. The van der Waals surface area contributed by atoms with Crippen molar-refractivity contribution in [1.82, 2.24) is 16.2 Å². The maximum Gasteiger partial charge on any atom is 0.256 e. The van der Waals surface area contributed by atoms with Crippen LogP contribution in [0.5, 0.6) is 0 Å². The molecule has 0 unspecified atom stereocenters. The summed E-state index contributed by atoms with van der Waals surface area (Å²) in [5.41, 5.74) is 6.13. The molecule has 0 bridgehead atoms. The first-order valence-electron chi connectivity index (χ1n) is 5.49. The highest BCUT2D eigenvalue weighted by molar-refractivity contribution is 7.99. The molecule has 0 spiro atoms. The number of carbonyl (C=O) groups is 1. The van der Waals surface area contributed by atoms with Crippen LogP contribution in [0.3, 0.4) is 0 Å². The van der Waals surface area contributed by atoms with Crippen LogP contribution in [0, 0.1) is 0 Å². The van der Waals surface area contributed by atoms with Gasteiger partial charge in [0, 0.05) is 17.3 Å². The third kappa shape index (κ3) is 3.86. The van der Waals surface area contributed by atoms with Gasteiger partial charge in [0.2, 0.25) is 0 Å². The number of thiocarbonyl (C=S) groups is 1. The number of hydrogen-bond donors (Lipinski definition) is 4. The minimum atomic E-state index is -0.151. The number of thioether (sulfide) groups is 1. The van der Waals surface area contributed by atoms with Crippen LogP contribution in [0.1, 0.15) is 0 Å². The fourth-order valence-electron chi connectivity index (χ4n) is 1.45. The number of amides is 1. The van der Waals surface area contributed by atoms with E-state index in [1.807, 2.05) is 30.3 Å². The van der Waals surface area contributed by atoms with Gasteiger partial charge < -0.3 is 5.32 Å². The minimum absolute atomic E-state index is 0.0998. The van der Waals surface area contributed by atoms with E-state index in [9.17, 15) is 4.79 Å². The van der Waals surface area contributed by atoms with Gasteiger partial charge in [0.25, 0.3) is 5.91 Å². The summed E-state index contributed by atoms with van der Waals surface area (Å²) in [6.07, 6.45) is 0. The van der Waals surface area contributed by atoms with Gasteiger partial charge >= 0.3 is 0 Å². The normalized spacial score (nSPS) is 18.1. The summed E-state index contributed by atoms with van der Waals surface area (Å²) in [7, 11) is 0. The van der Waals surface area contributed by atoms with E-state index in [0.29, 0.717) is 5.11 Å². The Bertz CT molecular complexity index is 420. The maximum absolute atomic E-state index is 11.7. The zero-order chi connectivity index (χ0) is 12.8. The van der Waals surface area contributed by atoms with Crippen molar-refractivity contribution in [2.75, 3.05) is 16.9 Å². The smallest absolute Gasteiger partial charge is 0.256 e. The molecule has 1 aliphatic rings. The second-order valence-electron chi connectivity index (χ2n) is 3.71. The SMILES string of the molecule is O=C(NNC(=S)Nc1ccccc1)[C@@H]1CSCN1. The predicted octanol–water partition coefficient (Wildman–Crippen LogP) is 0.667. The van der Waals surface area contributed by atoms with Gasteiger partial charge in [-0.05, 0) is 24.4 Å². The first-order chi connectivity index (χ1) is 8.75. The highest BCUT2D eigenvalue weighted by atomic mass is 32.2. The van der Waals surface area contributed by atoms with Crippen molar-refractivity contribution in [2.45, 2.75) is 6.04 Å². The fraction of sp³-hybridized carbons (Fsp3) is 0.273. The molecular weight excluding hydrogens is 268 g/mol. The lowest BCUT2D eigenvalue weighted by Crippen LogP contribution is -2.51. The van der Waals surface area contributed by atoms with Crippen LogP contribution in [0.2, 0.25) is 0 Å². The predicted molar refractivity (Wildman–Crippen MR) is 78.2 cm³/mol. The summed E-state index contributed by atoms with van der Waals surface area (Å²) in [4.78, 5) is 11.7. The summed E-state index contributed by atoms with van der Waals surface area (Å²) in [5, 5.41) is 6.41. The molecule has 0 aliphatic carbocycles. The molecule has 1 atom stereocenters.